The summed E-state index contributed by atoms with van der Waals surface area (Å²) in [6.45, 7) is 7.23. The van der Waals surface area contributed by atoms with Gasteiger partial charge in [0, 0.05) is 25.7 Å². The number of piperidine rings is 1. The SMILES string of the molecule is CC(CCS)CCn1ncc(N2CCCC(C)C2)cc1=O. The highest BCUT2D eigenvalue weighted by Crippen LogP contribution is 2.21. The van der Waals surface area contributed by atoms with Gasteiger partial charge in [0.2, 0.25) is 0 Å². The van der Waals surface area contributed by atoms with Crippen molar-refractivity contribution in [1.29, 1.82) is 0 Å². The molecule has 2 unspecified atom stereocenters. The summed E-state index contributed by atoms with van der Waals surface area (Å²) in [6, 6.07) is 1.74. The highest BCUT2D eigenvalue weighted by atomic mass is 32.1. The molecule has 2 atom stereocenters. The van der Waals surface area contributed by atoms with E-state index in [0.717, 1.165) is 37.4 Å². The molecule has 1 fully saturated rings. The molecule has 0 spiro atoms. The molecule has 1 saturated heterocycles. The quantitative estimate of drug-likeness (QED) is 0.821. The van der Waals surface area contributed by atoms with Gasteiger partial charge in [-0.15, -0.1) is 0 Å². The number of nitrogens with zero attached hydrogens (tertiary/aromatic N) is 3. The fraction of sp³-hybridized carbons (Fsp3) is 0.750. The number of thiol groups is 1. The minimum Gasteiger partial charge on any atom is -0.370 e. The highest BCUT2D eigenvalue weighted by molar-refractivity contribution is 7.80. The summed E-state index contributed by atoms with van der Waals surface area (Å²) in [6.07, 6.45) is 6.40. The van der Waals surface area contributed by atoms with Crippen LogP contribution >= 0.6 is 12.6 Å². The van der Waals surface area contributed by atoms with Crippen molar-refractivity contribution in [3.8, 4) is 0 Å². The fourth-order valence-electron chi connectivity index (χ4n) is 2.90. The maximum absolute atomic E-state index is 12.2. The van der Waals surface area contributed by atoms with Crippen LogP contribution in [0.2, 0.25) is 0 Å². The lowest BCUT2D eigenvalue weighted by Gasteiger charge is -2.32. The van der Waals surface area contributed by atoms with E-state index in [1.807, 2.05) is 6.20 Å². The van der Waals surface area contributed by atoms with E-state index in [1.54, 1.807) is 10.7 Å². The summed E-state index contributed by atoms with van der Waals surface area (Å²) >= 11 is 4.25. The minimum absolute atomic E-state index is 0.0174. The third-order valence-corrected chi connectivity index (χ3v) is 4.59. The lowest BCUT2D eigenvalue weighted by Crippen LogP contribution is -2.35. The van der Waals surface area contributed by atoms with E-state index in [4.69, 9.17) is 0 Å². The van der Waals surface area contributed by atoms with Crippen LogP contribution in [0.3, 0.4) is 0 Å². The van der Waals surface area contributed by atoms with E-state index in [1.165, 1.54) is 12.8 Å². The molecule has 2 rings (SSSR count). The number of rotatable bonds is 6. The molecule has 4 nitrogen and oxygen atoms in total. The van der Waals surface area contributed by atoms with E-state index in [0.29, 0.717) is 18.4 Å². The molecule has 2 heterocycles. The van der Waals surface area contributed by atoms with Crippen LogP contribution in [0.1, 0.15) is 39.5 Å². The zero-order valence-electron chi connectivity index (χ0n) is 13.2. The molecule has 0 amide bonds. The van der Waals surface area contributed by atoms with Gasteiger partial charge >= 0.3 is 0 Å². The second-order valence-electron chi connectivity index (χ2n) is 6.37. The predicted molar refractivity (Wildman–Crippen MR) is 91.4 cm³/mol. The first-order chi connectivity index (χ1) is 10.1. The Balaban J connectivity index is 1.98. The van der Waals surface area contributed by atoms with Crippen LogP contribution in [0, 0.1) is 11.8 Å². The van der Waals surface area contributed by atoms with Gasteiger partial charge in [-0.25, -0.2) is 4.68 Å². The minimum atomic E-state index is 0.0174. The normalized spacial score (nSPS) is 20.5. The molecule has 1 aromatic heterocycles. The molecular formula is C16H27N3OS. The summed E-state index contributed by atoms with van der Waals surface area (Å²) in [5, 5.41) is 4.35. The van der Waals surface area contributed by atoms with Crippen molar-refractivity contribution in [2.45, 2.75) is 46.1 Å². The average molecular weight is 309 g/mol. The molecule has 118 valence electrons. The van der Waals surface area contributed by atoms with Crippen LogP contribution in [-0.4, -0.2) is 28.6 Å². The number of hydrogen-bond donors (Lipinski definition) is 1. The summed E-state index contributed by atoms with van der Waals surface area (Å²) < 4.78 is 1.59. The van der Waals surface area contributed by atoms with E-state index in [-0.39, 0.29) is 5.56 Å². The first kappa shape index (κ1) is 16.4. The van der Waals surface area contributed by atoms with Gasteiger partial charge in [-0.3, -0.25) is 4.79 Å². The number of anilines is 1. The molecule has 21 heavy (non-hydrogen) atoms. The molecule has 1 aliphatic rings. The Bertz CT molecular complexity index is 503. The monoisotopic (exact) mass is 309 g/mol. The maximum atomic E-state index is 12.2. The van der Waals surface area contributed by atoms with Gasteiger partial charge < -0.3 is 4.90 Å². The Morgan fingerprint density at radius 3 is 2.95 bits per heavy atom. The van der Waals surface area contributed by atoms with Crippen molar-refractivity contribution in [2.75, 3.05) is 23.7 Å². The van der Waals surface area contributed by atoms with Gasteiger partial charge in [-0.2, -0.15) is 17.7 Å². The van der Waals surface area contributed by atoms with Crippen LogP contribution in [0.15, 0.2) is 17.1 Å². The average Bonchev–Trinajstić information content (AvgIpc) is 2.46. The summed E-state index contributed by atoms with van der Waals surface area (Å²) in [5.74, 6) is 2.18. The van der Waals surface area contributed by atoms with E-state index < -0.39 is 0 Å². The molecule has 1 aliphatic heterocycles. The lowest BCUT2D eigenvalue weighted by molar-refractivity contribution is 0.434. The largest absolute Gasteiger partial charge is 0.370 e. The standard InChI is InChI=1S/C16H27N3OS/c1-13(6-9-21)5-8-19-16(20)10-15(11-17-19)18-7-3-4-14(2)12-18/h10-11,13-14,21H,3-9,12H2,1-2H3. The smallest absolute Gasteiger partial charge is 0.268 e. The number of aryl methyl sites for hydroxylation is 1. The van der Waals surface area contributed by atoms with Crippen molar-refractivity contribution >= 4 is 18.3 Å². The molecule has 0 saturated carbocycles. The van der Waals surface area contributed by atoms with E-state index >= 15 is 0 Å². The highest BCUT2D eigenvalue weighted by Gasteiger charge is 2.17. The van der Waals surface area contributed by atoms with Crippen LogP contribution in [-0.2, 0) is 6.54 Å². The van der Waals surface area contributed by atoms with Gasteiger partial charge in [0.05, 0.1) is 11.9 Å². The number of hydrogen-bond acceptors (Lipinski definition) is 4. The predicted octanol–water partition coefficient (Wildman–Crippen LogP) is 2.83. The summed E-state index contributed by atoms with van der Waals surface area (Å²) in [7, 11) is 0. The maximum Gasteiger partial charge on any atom is 0.268 e. The molecule has 1 aromatic rings. The van der Waals surface area contributed by atoms with Gasteiger partial charge in [0.25, 0.3) is 5.56 Å². The van der Waals surface area contributed by atoms with Crippen LogP contribution in [0.25, 0.3) is 0 Å². The molecule has 0 N–H and O–H groups in total. The molecular weight excluding hydrogens is 282 g/mol. The third kappa shape index (κ3) is 4.77. The second-order valence-corrected chi connectivity index (χ2v) is 6.82. The summed E-state index contributed by atoms with van der Waals surface area (Å²) in [4.78, 5) is 14.5. The van der Waals surface area contributed by atoms with Crippen molar-refractivity contribution in [3.05, 3.63) is 22.6 Å². The Morgan fingerprint density at radius 2 is 2.29 bits per heavy atom. The van der Waals surface area contributed by atoms with E-state index in [9.17, 15) is 4.79 Å². The molecule has 0 aliphatic carbocycles. The van der Waals surface area contributed by atoms with Gasteiger partial charge in [-0.1, -0.05) is 13.8 Å². The molecule has 0 bridgehead atoms. The van der Waals surface area contributed by atoms with Gasteiger partial charge in [0.1, 0.15) is 0 Å². The number of aromatic nitrogens is 2. The molecule has 0 radical (unpaired) electrons. The van der Waals surface area contributed by atoms with Crippen LogP contribution < -0.4 is 10.5 Å². The van der Waals surface area contributed by atoms with Crippen LogP contribution in [0.4, 0.5) is 5.69 Å². The van der Waals surface area contributed by atoms with Crippen molar-refractivity contribution in [1.82, 2.24) is 9.78 Å². The van der Waals surface area contributed by atoms with Gasteiger partial charge in [0.15, 0.2) is 0 Å². The Kier molecular flexibility index (Phi) is 6.15. The topological polar surface area (TPSA) is 38.1 Å². The fourth-order valence-corrected chi connectivity index (χ4v) is 3.34. The molecule has 0 aromatic carbocycles. The van der Waals surface area contributed by atoms with Crippen molar-refractivity contribution in [3.63, 3.8) is 0 Å². The third-order valence-electron chi connectivity index (χ3n) is 4.33. The first-order valence-corrected chi connectivity index (χ1v) is 8.66. The summed E-state index contributed by atoms with van der Waals surface area (Å²) in [5.41, 5.74) is 0.995. The lowest BCUT2D eigenvalue weighted by atomic mass is 10.00. The Hall–Kier alpha value is -0.970. The zero-order valence-corrected chi connectivity index (χ0v) is 14.1. The Labute approximate surface area is 132 Å². The van der Waals surface area contributed by atoms with E-state index in [2.05, 4.69) is 36.5 Å². The van der Waals surface area contributed by atoms with Crippen LogP contribution in [0.5, 0.6) is 0 Å². The first-order valence-electron chi connectivity index (χ1n) is 8.03. The zero-order chi connectivity index (χ0) is 15.2. The molecule has 5 heteroatoms. The second kappa shape index (κ2) is 7.87. The van der Waals surface area contributed by atoms with Crippen molar-refractivity contribution < 1.29 is 0 Å². The van der Waals surface area contributed by atoms with Gasteiger partial charge in [-0.05, 0) is 43.3 Å². The van der Waals surface area contributed by atoms with Crippen molar-refractivity contribution in [2.24, 2.45) is 11.8 Å². The Morgan fingerprint density at radius 1 is 1.48 bits per heavy atom.